The molecule has 0 N–H and O–H groups in total. The van der Waals surface area contributed by atoms with Crippen LogP contribution in [0.5, 0.6) is 17.2 Å². The van der Waals surface area contributed by atoms with Gasteiger partial charge in [0.15, 0.2) is 18.1 Å². The number of rotatable bonds is 14. The molecule has 3 aromatic rings. The number of carbonyl (C=O) groups excluding carboxylic acids is 2. The lowest BCUT2D eigenvalue weighted by atomic mass is 10.2. The van der Waals surface area contributed by atoms with Crippen molar-refractivity contribution in [3.05, 3.63) is 77.2 Å². The van der Waals surface area contributed by atoms with Gasteiger partial charge in [0.2, 0.25) is 12.7 Å². The van der Waals surface area contributed by atoms with Crippen LogP contribution in [-0.2, 0) is 27.4 Å². The molecule has 0 saturated heterocycles. The summed E-state index contributed by atoms with van der Waals surface area (Å²) in [6.45, 7) is 3.75. The molecule has 0 unspecified atom stereocenters. The van der Waals surface area contributed by atoms with E-state index in [1.165, 1.54) is 4.90 Å². The van der Waals surface area contributed by atoms with Crippen LogP contribution in [0.3, 0.4) is 0 Å². The summed E-state index contributed by atoms with van der Waals surface area (Å²) in [6, 6.07) is 15.9. The quantitative estimate of drug-likeness (QED) is 0.276. The molecule has 2 heterocycles. The molecule has 0 fully saturated rings. The number of halogens is 1. The van der Waals surface area contributed by atoms with Gasteiger partial charge in [0, 0.05) is 31.3 Å². The fourth-order valence-corrected chi connectivity index (χ4v) is 4.03. The zero-order chi connectivity index (χ0) is 26.7. The molecule has 38 heavy (non-hydrogen) atoms. The van der Waals surface area contributed by atoms with E-state index >= 15 is 0 Å². The molecule has 0 aliphatic carbocycles. The van der Waals surface area contributed by atoms with Gasteiger partial charge >= 0.3 is 0 Å². The minimum Gasteiger partial charge on any atom is -0.484 e. The summed E-state index contributed by atoms with van der Waals surface area (Å²) in [7, 11) is 0. The lowest BCUT2D eigenvalue weighted by molar-refractivity contribution is -0.142. The molecular weight excluding hydrogens is 512 g/mol. The van der Waals surface area contributed by atoms with Gasteiger partial charge in [-0.15, -0.1) is 0 Å². The van der Waals surface area contributed by atoms with Gasteiger partial charge in [-0.25, -0.2) is 0 Å². The number of ether oxygens (including phenoxy) is 4. The van der Waals surface area contributed by atoms with Gasteiger partial charge in [-0.3, -0.25) is 9.59 Å². The molecule has 1 aliphatic heterocycles. The lowest BCUT2D eigenvalue weighted by Crippen LogP contribution is -2.44. The maximum absolute atomic E-state index is 13.6. The molecule has 2 amide bonds. The highest BCUT2D eigenvalue weighted by molar-refractivity contribution is 6.30. The molecule has 0 radical (unpaired) electrons. The average Bonchev–Trinajstić information content (AvgIpc) is 3.61. The van der Waals surface area contributed by atoms with Crippen molar-refractivity contribution in [1.29, 1.82) is 0 Å². The predicted molar refractivity (Wildman–Crippen MR) is 140 cm³/mol. The van der Waals surface area contributed by atoms with Crippen LogP contribution in [0.2, 0.25) is 5.02 Å². The first kappa shape index (κ1) is 27.3. The Hall–Kier alpha value is -3.69. The Morgan fingerprint density at radius 2 is 1.79 bits per heavy atom. The zero-order valence-electron chi connectivity index (χ0n) is 21.3. The van der Waals surface area contributed by atoms with Crippen molar-refractivity contribution in [3.63, 3.8) is 0 Å². The summed E-state index contributed by atoms with van der Waals surface area (Å²) in [4.78, 5) is 29.9. The molecular formula is C28H31ClN2O7. The fourth-order valence-electron chi connectivity index (χ4n) is 3.91. The smallest absolute Gasteiger partial charge is 0.260 e. The molecule has 0 spiro atoms. The van der Waals surface area contributed by atoms with Crippen molar-refractivity contribution in [2.24, 2.45) is 0 Å². The van der Waals surface area contributed by atoms with Crippen LogP contribution in [-0.4, -0.2) is 61.3 Å². The molecule has 9 nitrogen and oxygen atoms in total. The number of furan rings is 1. The predicted octanol–water partition coefficient (Wildman–Crippen LogP) is 4.52. The van der Waals surface area contributed by atoms with Crippen molar-refractivity contribution in [1.82, 2.24) is 9.80 Å². The average molecular weight is 543 g/mol. The molecule has 1 aromatic heterocycles. The highest BCUT2D eigenvalue weighted by atomic mass is 35.5. The summed E-state index contributed by atoms with van der Waals surface area (Å²) in [6.07, 6.45) is 2.16. The van der Waals surface area contributed by atoms with Crippen molar-refractivity contribution in [3.8, 4) is 17.2 Å². The Morgan fingerprint density at radius 3 is 2.55 bits per heavy atom. The first-order valence-electron chi connectivity index (χ1n) is 12.4. The van der Waals surface area contributed by atoms with Crippen LogP contribution in [0.25, 0.3) is 0 Å². The number of fused-ring (bicyclic) bond motifs is 1. The Labute approximate surface area is 226 Å². The van der Waals surface area contributed by atoms with E-state index in [-0.39, 0.29) is 38.3 Å². The number of carbonyl (C=O) groups is 2. The van der Waals surface area contributed by atoms with Crippen molar-refractivity contribution in [2.45, 2.75) is 26.4 Å². The van der Waals surface area contributed by atoms with E-state index in [0.29, 0.717) is 60.8 Å². The van der Waals surface area contributed by atoms with Crippen LogP contribution in [0.15, 0.2) is 65.3 Å². The minimum absolute atomic E-state index is 0.111. The highest BCUT2D eigenvalue weighted by Crippen LogP contribution is 2.33. The summed E-state index contributed by atoms with van der Waals surface area (Å²) in [5.41, 5.74) is 0.870. The fraction of sp³-hybridized carbons (Fsp3) is 0.357. The normalized spacial score (nSPS) is 11.8. The maximum atomic E-state index is 13.6. The summed E-state index contributed by atoms with van der Waals surface area (Å²) >= 11 is 5.93. The molecule has 4 rings (SSSR count). The number of hydrogen-bond acceptors (Lipinski definition) is 7. The Bertz CT molecular complexity index is 1180. The number of amides is 2. The van der Waals surface area contributed by atoms with E-state index in [0.717, 1.165) is 5.56 Å². The minimum atomic E-state index is -0.300. The second-order valence-electron chi connectivity index (χ2n) is 8.63. The first-order chi connectivity index (χ1) is 18.5. The van der Waals surface area contributed by atoms with Gasteiger partial charge in [-0.05, 0) is 67.4 Å². The van der Waals surface area contributed by atoms with Crippen molar-refractivity contribution in [2.75, 3.05) is 39.7 Å². The van der Waals surface area contributed by atoms with E-state index in [4.69, 9.17) is 35.0 Å². The standard InChI is InChI=1S/C28H31ClN2O7/c1-2-34-13-4-12-30(28(33)19-36-23-9-7-22(29)8-10-23)18-27(32)31(17-24-5-3-14-35-24)16-21-6-11-25-26(15-21)38-20-37-25/h3,5-11,14-15H,2,4,12-13,16-20H2,1H3. The Balaban J connectivity index is 1.45. The maximum Gasteiger partial charge on any atom is 0.260 e. The van der Waals surface area contributed by atoms with Crippen molar-refractivity contribution >= 4 is 23.4 Å². The SMILES string of the molecule is CCOCCCN(CC(=O)N(Cc1ccc2c(c1)OCO2)Cc1ccco1)C(=O)COc1ccc(Cl)cc1. The zero-order valence-corrected chi connectivity index (χ0v) is 22.0. The number of benzene rings is 2. The van der Waals surface area contributed by atoms with Crippen LogP contribution in [0.4, 0.5) is 0 Å². The van der Waals surface area contributed by atoms with Gasteiger partial charge in [-0.1, -0.05) is 17.7 Å². The van der Waals surface area contributed by atoms with Crippen molar-refractivity contribution < 1.29 is 33.0 Å². The van der Waals surface area contributed by atoms with E-state index in [1.54, 1.807) is 41.5 Å². The third kappa shape index (κ3) is 7.90. The number of nitrogens with zero attached hydrogens (tertiary/aromatic N) is 2. The van der Waals surface area contributed by atoms with Gasteiger partial charge in [0.25, 0.3) is 5.91 Å². The van der Waals surface area contributed by atoms with E-state index in [9.17, 15) is 9.59 Å². The molecule has 202 valence electrons. The number of hydrogen-bond donors (Lipinski definition) is 0. The van der Waals surface area contributed by atoms with Gasteiger partial charge in [0.05, 0.1) is 19.4 Å². The molecule has 2 aromatic carbocycles. The summed E-state index contributed by atoms with van der Waals surface area (Å²) in [5, 5.41) is 0.575. The van der Waals surface area contributed by atoms with Crippen LogP contribution in [0.1, 0.15) is 24.7 Å². The van der Waals surface area contributed by atoms with E-state index in [2.05, 4.69) is 0 Å². The molecule has 0 bridgehead atoms. The topological polar surface area (TPSA) is 90.7 Å². The third-order valence-electron chi connectivity index (χ3n) is 5.87. The summed E-state index contributed by atoms with van der Waals surface area (Å²) < 4.78 is 27.5. The largest absolute Gasteiger partial charge is 0.484 e. The molecule has 1 aliphatic rings. The first-order valence-corrected chi connectivity index (χ1v) is 12.8. The highest BCUT2D eigenvalue weighted by Gasteiger charge is 2.24. The lowest BCUT2D eigenvalue weighted by Gasteiger charge is -2.27. The van der Waals surface area contributed by atoms with Crippen LogP contribution >= 0.6 is 11.6 Å². The van der Waals surface area contributed by atoms with Gasteiger partial charge in [-0.2, -0.15) is 0 Å². The van der Waals surface area contributed by atoms with E-state index < -0.39 is 0 Å². The second kappa shape index (κ2) is 13.7. The Morgan fingerprint density at radius 1 is 0.974 bits per heavy atom. The van der Waals surface area contributed by atoms with Crippen LogP contribution < -0.4 is 14.2 Å². The second-order valence-corrected chi connectivity index (χ2v) is 9.06. The third-order valence-corrected chi connectivity index (χ3v) is 6.12. The van der Waals surface area contributed by atoms with Crippen LogP contribution in [0, 0.1) is 0 Å². The van der Waals surface area contributed by atoms with Gasteiger partial charge in [0.1, 0.15) is 11.5 Å². The van der Waals surface area contributed by atoms with E-state index in [1.807, 2.05) is 31.2 Å². The van der Waals surface area contributed by atoms with Gasteiger partial charge < -0.3 is 33.2 Å². The summed E-state index contributed by atoms with van der Waals surface area (Å²) in [5.74, 6) is 1.94. The molecule has 0 atom stereocenters. The molecule has 10 heteroatoms. The molecule has 0 saturated carbocycles. The Kier molecular flexibility index (Phi) is 9.89. The monoisotopic (exact) mass is 542 g/mol.